The van der Waals surface area contributed by atoms with Crippen molar-refractivity contribution < 1.29 is 22.8 Å². The topological polar surface area (TPSA) is 133 Å². The summed E-state index contributed by atoms with van der Waals surface area (Å²) in [4.78, 5) is 34.0. The maximum atomic E-state index is 14.1. The number of rotatable bonds is 5. The van der Waals surface area contributed by atoms with Crippen molar-refractivity contribution in [3.05, 3.63) is 70.2 Å². The fraction of sp³-hybridized carbons (Fsp3) is 0.190. The molecule has 4 rings (SSSR count). The second-order valence-electron chi connectivity index (χ2n) is 7.44. The van der Waals surface area contributed by atoms with Crippen LogP contribution in [-0.4, -0.2) is 53.6 Å². The van der Waals surface area contributed by atoms with Gasteiger partial charge in [0.1, 0.15) is 5.69 Å². The molecule has 15 heteroatoms. The summed E-state index contributed by atoms with van der Waals surface area (Å²) in [7, 11) is 1.41. The van der Waals surface area contributed by atoms with Gasteiger partial charge in [-0.2, -0.15) is 28.5 Å². The van der Waals surface area contributed by atoms with E-state index >= 15 is 0 Å². The van der Waals surface area contributed by atoms with Crippen LogP contribution in [0.5, 0.6) is 0 Å². The van der Waals surface area contributed by atoms with Crippen LogP contribution < -0.4 is 10.6 Å². The van der Waals surface area contributed by atoms with E-state index in [-0.39, 0.29) is 27.9 Å². The number of carbonyl (C=O) groups excluding carboxylic acids is 2. The van der Waals surface area contributed by atoms with Crippen LogP contribution in [0.4, 0.5) is 18.9 Å². The molecule has 4 heterocycles. The Balaban J connectivity index is 1.71. The summed E-state index contributed by atoms with van der Waals surface area (Å²) in [6.07, 6.45) is 0.979. The van der Waals surface area contributed by atoms with Gasteiger partial charge in [0.05, 0.1) is 52.9 Å². The molecule has 0 aliphatic carbocycles. The van der Waals surface area contributed by atoms with Crippen LogP contribution >= 0.6 is 11.6 Å². The highest BCUT2D eigenvalue weighted by Gasteiger charge is 2.41. The fourth-order valence-corrected chi connectivity index (χ4v) is 3.63. The molecular formula is C21H17ClF3N9O2. The van der Waals surface area contributed by atoms with Gasteiger partial charge in [-0.25, -0.2) is 14.6 Å². The lowest BCUT2D eigenvalue weighted by Crippen LogP contribution is -2.23. The summed E-state index contributed by atoms with van der Waals surface area (Å²) in [6.45, 7) is 3.09. The molecule has 0 saturated heterocycles. The lowest BCUT2D eigenvalue weighted by Gasteiger charge is -2.16. The van der Waals surface area contributed by atoms with Crippen LogP contribution in [0.2, 0.25) is 5.02 Å². The van der Waals surface area contributed by atoms with E-state index < -0.39 is 29.2 Å². The van der Waals surface area contributed by atoms with Crippen LogP contribution in [0.25, 0.3) is 11.5 Å². The van der Waals surface area contributed by atoms with Crippen LogP contribution in [0, 0.1) is 13.8 Å². The van der Waals surface area contributed by atoms with Crippen molar-refractivity contribution in [2.45, 2.75) is 20.0 Å². The third-order valence-electron chi connectivity index (χ3n) is 5.26. The highest BCUT2D eigenvalue weighted by Crippen LogP contribution is 2.35. The Morgan fingerprint density at radius 3 is 2.28 bits per heavy atom. The third kappa shape index (κ3) is 4.49. The van der Waals surface area contributed by atoms with Crippen molar-refractivity contribution in [3.63, 3.8) is 0 Å². The van der Waals surface area contributed by atoms with Crippen molar-refractivity contribution in [2.24, 2.45) is 0 Å². The van der Waals surface area contributed by atoms with Gasteiger partial charge in [0.2, 0.25) is 0 Å². The Morgan fingerprint density at radius 2 is 1.67 bits per heavy atom. The van der Waals surface area contributed by atoms with Gasteiger partial charge >= 0.3 is 6.18 Å². The Kier molecular flexibility index (Phi) is 6.45. The molecule has 11 nitrogen and oxygen atoms in total. The second-order valence-corrected chi connectivity index (χ2v) is 7.85. The monoisotopic (exact) mass is 519 g/mol. The van der Waals surface area contributed by atoms with Gasteiger partial charge in [-0.15, -0.1) is 4.80 Å². The number of hydrogen-bond donors (Lipinski definition) is 2. The zero-order chi connectivity index (χ0) is 26.2. The standard InChI is InChI=1S/C21H17ClF3N9O2/c1-10-11(2)16(20(36)26-3)27-9-15(10)33-17(21(23,24)25)13(8-31-33)19(35)32-12-6-14(22)18(28-7-12)34-29-4-5-30-34/h4-9H,1-3H3,(H,26,36)(H,32,35). The number of anilines is 1. The molecule has 186 valence electrons. The van der Waals surface area contributed by atoms with Gasteiger partial charge in [-0.1, -0.05) is 11.6 Å². The molecule has 0 bridgehead atoms. The normalized spacial score (nSPS) is 11.4. The molecular weight excluding hydrogens is 503 g/mol. The minimum Gasteiger partial charge on any atom is -0.354 e. The molecule has 0 spiro atoms. The molecule has 0 aromatic carbocycles. The minimum absolute atomic E-state index is 0.0349. The Morgan fingerprint density at radius 1 is 0.972 bits per heavy atom. The van der Waals surface area contributed by atoms with E-state index in [0.717, 1.165) is 17.2 Å². The molecule has 0 radical (unpaired) electrons. The van der Waals surface area contributed by atoms with E-state index in [1.165, 1.54) is 38.6 Å². The molecule has 2 N–H and O–H groups in total. The highest BCUT2D eigenvalue weighted by atomic mass is 35.5. The maximum absolute atomic E-state index is 14.1. The third-order valence-corrected chi connectivity index (χ3v) is 5.54. The van der Waals surface area contributed by atoms with E-state index in [0.29, 0.717) is 15.8 Å². The number of nitrogens with zero attached hydrogens (tertiary/aromatic N) is 7. The number of nitrogens with one attached hydrogen (secondary N) is 2. The number of hydrogen-bond acceptors (Lipinski definition) is 7. The van der Waals surface area contributed by atoms with Gasteiger partial charge in [0.15, 0.2) is 11.5 Å². The van der Waals surface area contributed by atoms with Crippen molar-refractivity contribution in [2.75, 3.05) is 12.4 Å². The largest absolute Gasteiger partial charge is 0.434 e. The number of carbonyl (C=O) groups is 2. The highest BCUT2D eigenvalue weighted by molar-refractivity contribution is 6.32. The van der Waals surface area contributed by atoms with Crippen molar-refractivity contribution >= 4 is 29.1 Å². The average molecular weight is 520 g/mol. The lowest BCUT2D eigenvalue weighted by molar-refractivity contribution is -0.143. The van der Waals surface area contributed by atoms with Gasteiger partial charge in [0.25, 0.3) is 11.8 Å². The van der Waals surface area contributed by atoms with Crippen molar-refractivity contribution in [3.8, 4) is 11.5 Å². The molecule has 2 amide bonds. The number of amides is 2. The summed E-state index contributed by atoms with van der Waals surface area (Å²) in [6, 6.07) is 1.30. The van der Waals surface area contributed by atoms with Gasteiger partial charge in [-0.3, -0.25) is 9.59 Å². The van der Waals surface area contributed by atoms with E-state index in [4.69, 9.17) is 11.6 Å². The fourth-order valence-electron chi connectivity index (χ4n) is 3.39. The van der Waals surface area contributed by atoms with E-state index in [9.17, 15) is 22.8 Å². The molecule has 0 atom stereocenters. The molecule has 4 aromatic rings. The summed E-state index contributed by atoms with van der Waals surface area (Å²) in [5.74, 6) is -1.40. The molecule has 4 aromatic heterocycles. The van der Waals surface area contributed by atoms with E-state index in [2.05, 4.69) is 35.9 Å². The molecule has 0 fully saturated rings. The lowest BCUT2D eigenvalue weighted by atomic mass is 10.1. The Hall–Kier alpha value is -4.33. The number of alkyl halides is 3. The first-order valence-electron chi connectivity index (χ1n) is 10.2. The average Bonchev–Trinajstić information content (AvgIpc) is 3.50. The predicted octanol–water partition coefficient (Wildman–Crippen LogP) is 3.14. The smallest absolute Gasteiger partial charge is 0.354 e. The number of aromatic nitrogens is 7. The van der Waals surface area contributed by atoms with Crippen LogP contribution in [0.1, 0.15) is 37.7 Å². The van der Waals surface area contributed by atoms with Crippen LogP contribution in [0.3, 0.4) is 0 Å². The molecule has 36 heavy (non-hydrogen) atoms. The van der Waals surface area contributed by atoms with Gasteiger partial charge in [-0.05, 0) is 31.0 Å². The van der Waals surface area contributed by atoms with Crippen LogP contribution in [0.15, 0.2) is 37.1 Å². The van der Waals surface area contributed by atoms with Gasteiger partial charge in [0, 0.05) is 7.05 Å². The quantitative estimate of drug-likeness (QED) is 0.414. The SMILES string of the molecule is CNC(=O)c1ncc(-n2ncc(C(=O)Nc3cnc(-n4nccn4)c(Cl)c3)c2C(F)(F)F)c(C)c1C. The first-order chi connectivity index (χ1) is 17.0. The minimum atomic E-state index is -4.95. The molecule has 0 aliphatic rings. The molecule has 0 aliphatic heterocycles. The first-order valence-corrected chi connectivity index (χ1v) is 10.6. The summed E-state index contributed by atoms with van der Waals surface area (Å²) >= 11 is 6.17. The summed E-state index contributed by atoms with van der Waals surface area (Å²) < 4.78 is 42.9. The molecule has 0 unspecified atom stereocenters. The Bertz CT molecular complexity index is 1470. The predicted molar refractivity (Wildman–Crippen MR) is 121 cm³/mol. The van der Waals surface area contributed by atoms with Crippen molar-refractivity contribution in [1.29, 1.82) is 0 Å². The number of pyridine rings is 2. The zero-order valence-corrected chi connectivity index (χ0v) is 19.7. The van der Waals surface area contributed by atoms with Crippen LogP contribution in [-0.2, 0) is 6.18 Å². The summed E-state index contributed by atoms with van der Waals surface area (Å²) in [5, 5.41) is 16.4. The van der Waals surface area contributed by atoms with Gasteiger partial charge < -0.3 is 10.6 Å². The molecule has 0 saturated carbocycles. The zero-order valence-electron chi connectivity index (χ0n) is 18.9. The summed E-state index contributed by atoms with van der Waals surface area (Å²) in [5.41, 5.74) is -1.26. The number of halogens is 4. The maximum Gasteiger partial charge on any atom is 0.434 e. The van der Waals surface area contributed by atoms with E-state index in [1.54, 1.807) is 6.92 Å². The van der Waals surface area contributed by atoms with Crippen molar-refractivity contribution in [1.82, 2.24) is 40.1 Å². The first kappa shape index (κ1) is 24.8. The van der Waals surface area contributed by atoms with E-state index in [1.807, 2.05) is 0 Å². The second kappa shape index (κ2) is 9.37. The Labute approximate surface area is 206 Å².